The number of benzene rings is 7. The number of nitriles is 1. The number of rotatable bonds is 5. The van der Waals surface area contributed by atoms with Crippen molar-refractivity contribution in [1.29, 1.82) is 5.26 Å². The Bertz CT molecular complexity index is 2950. The van der Waals surface area contributed by atoms with Crippen LogP contribution in [-0.4, -0.2) is 19.5 Å². The van der Waals surface area contributed by atoms with Gasteiger partial charge in [-0.15, -0.1) is 0 Å². The summed E-state index contributed by atoms with van der Waals surface area (Å²) < 4.78 is 8.74. The molecular weight excluding hydrogens is 639 g/mol. The highest BCUT2D eigenvalue weighted by atomic mass is 16.3. The van der Waals surface area contributed by atoms with Crippen molar-refractivity contribution in [3.8, 4) is 57.0 Å². The van der Waals surface area contributed by atoms with Crippen LogP contribution in [0, 0.1) is 11.3 Å². The van der Waals surface area contributed by atoms with E-state index in [4.69, 9.17) is 19.4 Å². The van der Waals surface area contributed by atoms with E-state index in [0.717, 1.165) is 77.2 Å². The molecule has 0 unspecified atom stereocenters. The van der Waals surface area contributed by atoms with Gasteiger partial charge in [-0.3, -0.25) is 0 Å². The minimum atomic E-state index is 0.559. The van der Waals surface area contributed by atoms with Gasteiger partial charge < -0.3 is 8.98 Å². The molecule has 3 aromatic heterocycles. The summed E-state index contributed by atoms with van der Waals surface area (Å²) >= 11 is 0. The Balaban J connectivity index is 1.30. The van der Waals surface area contributed by atoms with Crippen molar-refractivity contribution in [2.24, 2.45) is 0 Å². The summed E-state index contributed by atoms with van der Waals surface area (Å²) in [6, 6.07) is 57.4. The average Bonchev–Trinajstić information content (AvgIpc) is 3.77. The van der Waals surface area contributed by atoms with E-state index in [9.17, 15) is 5.26 Å². The lowest BCUT2D eigenvalue weighted by Crippen LogP contribution is -2.02. The molecular formula is C46H27N5O. The van der Waals surface area contributed by atoms with E-state index in [0.29, 0.717) is 23.0 Å². The second-order valence-corrected chi connectivity index (χ2v) is 12.8. The molecule has 6 nitrogen and oxygen atoms in total. The van der Waals surface area contributed by atoms with Crippen LogP contribution in [0.5, 0.6) is 0 Å². The highest BCUT2D eigenvalue weighted by Crippen LogP contribution is 2.42. The Kier molecular flexibility index (Phi) is 6.76. The van der Waals surface area contributed by atoms with Crippen LogP contribution in [-0.2, 0) is 0 Å². The fourth-order valence-corrected chi connectivity index (χ4v) is 7.24. The van der Waals surface area contributed by atoms with Gasteiger partial charge in [0.25, 0.3) is 0 Å². The molecule has 0 saturated carbocycles. The molecule has 0 atom stereocenters. The van der Waals surface area contributed by atoms with Crippen LogP contribution >= 0.6 is 0 Å². The highest BCUT2D eigenvalue weighted by molar-refractivity contribution is 6.24. The maximum Gasteiger partial charge on any atom is 0.164 e. The van der Waals surface area contributed by atoms with Crippen LogP contribution in [0.2, 0.25) is 0 Å². The zero-order chi connectivity index (χ0) is 34.6. The summed E-state index contributed by atoms with van der Waals surface area (Å²) in [6.07, 6.45) is 0. The van der Waals surface area contributed by atoms with Crippen molar-refractivity contribution < 1.29 is 4.42 Å². The first kappa shape index (κ1) is 29.5. The minimum absolute atomic E-state index is 0.559. The largest absolute Gasteiger partial charge is 0.456 e. The smallest absolute Gasteiger partial charge is 0.164 e. The quantitative estimate of drug-likeness (QED) is 0.183. The number of para-hydroxylation sites is 2. The van der Waals surface area contributed by atoms with Crippen LogP contribution in [0.4, 0.5) is 0 Å². The molecule has 0 N–H and O–H groups in total. The molecule has 0 aliphatic rings. The van der Waals surface area contributed by atoms with Crippen molar-refractivity contribution in [1.82, 2.24) is 19.5 Å². The number of aromatic nitrogens is 4. The fraction of sp³-hybridized carbons (Fsp3) is 0. The third-order valence-corrected chi connectivity index (χ3v) is 9.66. The summed E-state index contributed by atoms with van der Waals surface area (Å²) in [5.41, 5.74) is 9.96. The molecule has 0 bridgehead atoms. The van der Waals surface area contributed by atoms with Crippen LogP contribution in [0.3, 0.4) is 0 Å². The molecule has 0 saturated heterocycles. The number of nitrogens with zero attached hydrogens (tertiary/aromatic N) is 5. The van der Waals surface area contributed by atoms with Crippen LogP contribution in [0.1, 0.15) is 5.56 Å². The molecule has 0 spiro atoms. The number of fused-ring (bicyclic) bond motifs is 7. The van der Waals surface area contributed by atoms with Gasteiger partial charge in [0.15, 0.2) is 17.5 Å². The standard InChI is InChI=1S/C46H27N5O/c47-28-29-19-21-30(22-20-29)33-25-34(46-49-44(31-11-3-1-4-12-31)48-45(50-46)32-13-5-2-6-14-32)27-35(26-33)51-39-17-9-7-15-36(39)37-23-24-41-42(43(37)51)38-16-8-10-18-40(38)52-41/h1-27H. The lowest BCUT2D eigenvalue weighted by atomic mass is 10.00. The fourth-order valence-electron chi connectivity index (χ4n) is 7.24. The molecule has 10 aromatic rings. The van der Waals surface area contributed by atoms with Gasteiger partial charge in [-0.05, 0) is 65.7 Å². The van der Waals surface area contributed by atoms with E-state index in [-0.39, 0.29) is 0 Å². The average molecular weight is 666 g/mol. The molecule has 0 aliphatic heterocycles. The molecule has 242 valence electrons. The molecule has 0 amide bonds. The van der Waals surface area contributed by atoms with Crippen LogP contribution in [0.25, 0.3) is 94.7 Å². The lowest BCUT2D eigenvalue weighted by Gasteiger charge is -2.15. The SMILES string of the molecule is N#Cc1ccc(-c2cc(-c3nc(-c4ccccc4)nc(-c4ccccc4)n3)cc(-n3c4ccccc4c4ccc5oc6ccccc6c5c43)c2)cc1. The number of hydrogen-bond acceptors (Lipinski definition) is 5. The molecule has 7 aromatic carbocycles. The van der Waals surface area contributed by atoms with Crippen molar-refractivity contribution in [3.05, 3.63) is 169 Å². The summed E-state index contributed by atoms with van der Waals surface area (Å²) in [6.45, 7) is 0. The van der Waals surface area contributed by atoms with Crippen molar-refractivity contribution >= 4 is 43.7 Å². The van der Waals surface area contributed by atoms with Gasteiger partial charge in [-0.2, -0.15) is 5.26 Å². The first-order chi connectivity index (χ1) is 25.7. The Labute approximate surface area is 298 Å². The Morgan fingerprint density at radius 3 is 1.75 bits per heavy atom. The van der Waals surface area contributed by atoms with Gasteiger partial charge in [-0.25, -0.2) is 15.0 Å². The summed E-state index contributed by atoms with van der Waals surface area (Å²) in [4.78, 5) is 15.1. The van der Waals surface area contributed by atoms with Crippen LogP contribution in [0.15, 0.2) is 168 Å². The van der Waals surface area contributed by atoms with Gasteiger partial charge in [-0.1, -0.05) is 109 Å². The molecule has 10 rings (SSSR count). The lowest BCUT2D eigenvalue weighted by molar-refractivity contribution is 0.669. The Hall–Kier alpha value is -7.36. The maximum absolute atomic E-state index is 9.56. The monoisotopic (exact) mass is 665 g/mol. The predicted molar refractivity (Wildman–Crippen MR) is 208 cm³/mol. The summed E-state index contributed by atoms with van der Waals surface area (Å²) in [7, 11) is 0. The van der Waals surface area contributed by atoms with Crippen molar-refractivity contribution in [3.63, 3.8) is 0 Å². The van der Waals surface area contributed by atoms with E-state index in [2.05, 4.69) is 77.4 Å². The normalized spacial score (nSPS) is 11.4. The second kappa shape index (κ2) is 11.9. The summed E-state index contributed by atoms with van der Waals surface area (Å²) in [5.74, 6) is 1.75. The minimum Gasteiger partial charge on any atom is -0.456 e. The maximum atomic E-state index is 9.56. The third-order valence-electron chi connectivity index (χ3n) is 9.66. The molecule has 6 heteroatoms. The zero-order valence-electron chi connectivity index (χ0n) is 27.7. The van der Waals surface area contributed by atoms with Crippen molar-refractivity contribution in [2.45, 2.75) is 0 Å². The van der Waals surface area contributed by atoms with Crippen molar-refractivity contribution in [2.75, 3.05) is 0 Å². The number of furan rings is 1. The molecule has 0 radical (unpaired) electrons. The van der Waals surface area contributed by atoms with Gasteiger partial charge in [0.1, 0.15) is 11.2 Å². The van der Waals surface area contributed by atoms with E-state index in [1.807, 2.05) is 97.1 Å². The first-order valence-corrected chi connectivity index (χ1v) is 17.1. The summed E-state index contributed by atoms with van der Waals surface area (Å²) in [5, 5.41) is 14.0. The topological polar surface area (TPSA) is 80.5 Å². The first-order valence-electron chi connectivity index (χ1n) is 17.1. The van der Waals surface area contributed by atoms with E-state index >= 15 is 0 Å². The predicted octanol–water partition coefficient (Wildman–Crippen LogP) is 11.4. The van der Waals surface area contributed by atoms with Crippen LogP contribution < -0.4 is 0 Å². The van der Waals surface area contributed by atoms with E-state index in [1.54, 1.807) is 0 Å². The molecule has 0 fully saturated rings. The van der Waals surface area contributed by atoms with Gasteiger partial charge in [0.05, 0.1) is 28.1 Å². The number of hydrogen-bond donors (Lipinski definition) is 0. The van der Waals surface area contributed by atoms with E-state index in [1.165, 1.54) is 0 Å². The molecule has 3 heterocycles. The zero-order valence-corrected chi connectivity index (χ0v) is 27.7. The van der Waals surface area contributed by atoms with Gasteiger partial charge >= 0.3 is 0 Å². The second-order valence-electron chi connectivity index (χ2n) is 12.8. The third kappa shape index (κ3) is 4.84. The molecule has 0 aliphatic carbocycles. The Morgan fingerprint density at radius 2 is 1.06 bits per heavy atom. The van der Waals surface area contributed by atoms with Gasteiger partial charge in [0, 0.05) is 38.5 Å². The molecule has 52 heavy (non-hydrogen) atoms. The highest BCUT2D eigenvalue weighted by Gasteiger charge is 2.21. The van der Waals surface area contributed by atoms with E-state index < -0.39 is 0 Å². The van der Waals surface area contributed by atoms with Gasteiger partial charge in [0.2, 0.25) is 0 Å². The Morgan fingerprint density at radius 1 is 0.462 bits per heavy atom.